The van der Waals surface area contributed by atoms with Crippen molar-refractivity contribution in [3.63, 3.8) is 0 Å². The van der Waals surface area contributed by atoms with E-state index in [1.807, 2.05) is 4.90 Å². The Labute approximate surface area is 161 Å². The molecule has 27 heavy (non-hydrogen) atoms. The van der Waals surface area contributed by atoms with Crippen LogP contribution in [0.5, 0.6) is 0 Å². The first-order valence-corrected chi connectivity index (χ1v) is 10.1. The van der Waals surface area contributed by atoms with E-state index in [9.17, 15) is 4.79 Å². The Bertz CT molecular complexity index is 806. The maximum Gasteiger partial charge on any atom is 0.236 e. The molecule has 0 radical (unpaired) electrons. The highest BCUT2D eigenvalue weighted by Gasteiger charge is 2.29. The fraction of sp³-hybridized carbons (Fsp3) is 0.619. The molecular formula is C21H31N5O. The molecule has 1 N–H and O–H groups in total. The summed E-state index contributed by atoms with van der Waals surface area (Å²) in [5.74, 6) is 1.79. The molecule has 2 aromatic rings. The standard InChI is InChI=1S/C21H31N5O/c1-15-5-4-6-18-20(15)23-21(22-18)16-7-11-26(12-8-16)19(27)14-25-10-9-17(13-25)24(2)3/h4-6,16-17H,7-14H2,1-3H3,(H,22,23)/t17-/m1/s1. The number of rotatable bonds is 4. The maximum atomic E-state index is 12.7. The lowest BCUT2D eigenvalue weighted by atomic mass is 9.96. The van der Waals surface area contributed by atoms with Crippen LogP contribution in [0.2, 0.25) is 0 Å². The molecule has 2 fully saturated rings. The number of aromatic amines is 1. The summed E-state index contributed by atoms with van der Waals surface area (Å²) in [6, 6.07) is 6.85. The number of carbonyl (C=O) groups excluding carboxylic acids is 1. The van der Waals surface area contributed by atoms with Gasteiger partial charge in [-0.1, -0.05) is 12.1 Å². The van der Waals surface area contributed by atoms with Crippen molar-refractivity contribution in [1.82, 2.24) is 24.7 Å². The Kier molecular flexibility index (Phi) is 5.19. The smallest absolute Gasteiger partial charge is 0.236 e. The highest BCUT2D eigenvalue weighted by molar-refractivity contribution is 5.79. The second-order valence-corrected chi connectivity index (χ2v) is 8.39. The van der Waals surface area contributed by atoms with E-state index in [2.05, 4.69) is 54.0 Å². The number of nitrogens with one attached hydrogen (secondary N) is 1. The predicted molar refractivity (Wildman–Crippen MR) is 108 cm³/mol. The number of hydrogen-bond donors (Lipinski definition) is 1. The molecule has 0 aliphatic carbocycles. The van der Waals surface area contributed by atoms with Crippen molar-refractivity contribution in [3.05, 3.63) is 29.6 Å². The second kappa shape index (κ2) is 7.60. The van der Waals surface area contributed by atoms with Crippen LogP contribution in [0.3, 0.4) is 0 Å². The molecule has 0 spiro atoms. The summed E-state index contributed by atoms with van der Waals surface area (Å²) in [4.78, 5) is 27.7. The number of fused-ring (bicyclic) bond motifs is 1. The molecule has 3 heterocycles. The minimum atomic E-state index is 0.285. The van der Waals surface area contributed by atoms with Crippen LogP contribution >= 0.6 is 0 Å². The van der Waals surface area contributed by atoms with Crippen LogP contribution < -0.4 is 0 Å². The topological polar surface area (TPSA) is 55.5 Å². The predicted octanol–water partition coefficient (Wildman–Crippen LogP) is 2.21. The van der Waals surface area contributed by atoms with Crippen LogP contribution in [0.15, 0.2) is 18.2 Å². The van der Waals surface area contributed by atoms with Crippen molar-refractivity contribution in [2.45, 2.75) is 38.1 Å². The number of H-pyrrole nitrogens is 1. The summed E-state index contributed by atoms with van der Waals surface area (Å²) in [6.07, 6.45) is 3.14. The summed E-state index contributed by atoms with van der Waals surface area (Å²) in [5, 5.41) is 0. The van der Waals surface area contributed by atoms with Crippen LogP contribution in [0.1, 0.15) is 36.6 Å². The number of hydrogen-bond acceptors (Lipinski definition) is 4. The van der Waals surface area contributed by atoms with Crippen molar-refractivity contribution < 1.29 is 4.79 Å². The molecule has 1 aromatic heterocycles. The molecule has 146 valence electrons. The van der Waals surface area contributed by atoms with Gasteiger partial charge < -0.3 is 14.8 Å². The Morgan fingerprint density at radius 2 is 2.00 bits per heavy atom. The van der Waals surface area contributed by atoms with E-state index in [0.29, 0.717) is 18.5 Å². The molecule has 6 nitrogen and oxygen atoms in total. The summed E-state index contributed by atoms with van der Waals surface area (Å²) in [7, 11) is 4.25. The number of aryl methyl sites for hydroxylation is 1. The molecule has 4 rings (SSSR count). The van der Waals surface area contributed by atoms with Gasteiger partial charge in [-0.2, -0.15) is 0 Å². The number of carbonyl (C=O) groups is 1. The van der Waals surface area contributed by atoms with Crippen LogP contribution in [-0.2, 0) is 4.79 Å². The molecule has 0 bridgehead atoms. The van der Waals surface area contributed by atoms with E-state index >= 15 is 0 Å². The highest BCUT2D eigenvalue weighted by atomic mass is 16.2. The summed E-state index contributed by atoms with van der Waals surface area (Å²) in [5.41, 5.74) is 3.41. The molecule has 2 aliphatic heterocycles. The van der Waals surface area contributed by atoms with Crippen molar-refractivity contribution in [3.8, 4) is 0 Å². The number of piperidine rings is 1. The minimum Gasteiger partial charge on any atom is -0.342 e. The number of benzene rings is 1. The van der Waals surface area contributed by atoms with E-state index in [1.54, 1.807) is 0 Å². The number of nitrogens with zero attached hydrogens (tertiary/aromatic N) is 4. The van der Waals surface area contributed by atoms with Crippen molar-refractivity contribution in [2.24, 2.45) is 0 Å². The van der Waals surface area contributed by atoms with Gasteiger partial charge in [0.05, 0.1) is 17.6 Å². The van der Waals surface area contributed by atoms with Gasteiger partial charge in [0.2, 0.25) is 5.91 Å². The van der Waals surface area contributed by atoms with Crippen LogP contribution in [-0.4, -0.2) is 83.4 Å². The lowest BCUT2D eigenvalue weighted by Gasteiger charge is -2.32. The molecule has 2 aliphatic rings. The van der Waals surface area contributed by atoms with Gasteiger partial charge in [-0.15, -0.1) is 0 Å². The molecular weight excluding hydrogens is 338 g/mol. The van der Waals surface area contributed by atoms with Gasteiger partial charge in [-0.05, 0) is 51.9 Å². The molecule has 6 heteroatoms. The summed E-state index contributed by atoms with van der Waals surface area (Å²) >= 11 is 0. The van der Waals surface area contributed by atoms with E-state index in [4.69, 9.17) is 4.98 Å². The fourth-order valence-electron chi connectivity index (χ4n) is 4.46. The summed E-state index contributed by atoms with van der Waals surface area (Å²) < 4.78 is 0. The van der Waals surface area contributed by atoms with Gasteiger partial charge in [0.1, 0.15) is 5.82 Å². The molecule has 1 aromatic carbocycles. The third kappa shape index (κ3) is 3.87. The number of aromatic nitrogens is 2. The van der Waals surface area contributed by atoms with Gasteiger partial charge in [0.15, 0.2) is 0 Å². The molecule has 1 amide bonds. The Morgan fingerprint density at radius 3 is 2.67 bits per heavy atom. The van der Waals surface area contributed by atoms with Gasteiger partial charge in [0, 0.05) is 38.1 Å². The fourth-order valence-corrected chi connectivity index (χ4v) is 4.46. The lowest BCUT2D eigenvalue weighted by molar-refractivity contribution is -0.133. The van der Waals surface area contributed by atoms with Crippen molar-refractivity contribution in [2.75, 3.05) is 46.8 Å². The van der Waals surface area contributed by atoms with Crippen LogP contribution in [0.25, 0.3) is 11.0 Å². The molecule has 1 atom stereocenters. The minimum absolute atomic E-state index is 0.285. The van der Waals surface area contributed by atoms with Gasteiger partial charge in [0.25, 0.3) is 0 Å². The first-order valence-electron chi connectivity index (χ1n) is 10.1. The average Bonchev–Trinajstić information content (AvgIpc) is 3.30. The number of imidazole rings is 1. The van der Waals surface area contributed by atoms with Crippen LogP contribution in [0.4, 0.5) is 0 Å². The molecule has 0 saturated carbocycles. The van der Waals surface area contributed by atoms with E-state index in [1.165, 1.54) is 5.56 Å². The van der Waals surface area contributed by atoms with Gasteiger partial charge in [-0.3, -0.25) is 9.69 Å². The number of para-hydroxylation sites is 1. The maximum absolute atomic E-state index is 12.7. The zero-order valence-corrected chi connectivity index (χ0v) is 16.7. The van der Waals surface area contributed by atoms with E-state index in [-0.39, 0.29) is 5.91 Å². The third-order valence-electron chi connectivity index (χ3n) is 6.30. The average molecular weight is 370 g/mol. The second-order valence-electron chi connectivity index (χ2n) is 8.39. The van der Waals surface area contributed by atoms with Crippen molar-refractivity contribution in [1.29, 1.82) is 0 Å². The first kappa shape index (κ1) is 18.4. The van der Waals surface area contributed by atoms with Gasteiger partial charge in [-0.25, -0.2) is 4.98 Å². The van der Waals surface area contributed by atoms with Crippen molar-refractivity contribution >= 4 is 16.9 Å². The lowest BCUT2D eigenvalue weighted by Crippen LogP contribution is -2.44. The quantitative estimate of drug-likeness (QED) is 0.898. The first-order chi connectivity index (χ1) is 13.0. The SMILES string of the molecule is Cc1cccc2[nH]c(C3CCN(C(=O)CN4CC[C@@H](N(C)C)C4)CC3)nc12. The molecule has 2 saturated heterocycles. The highest BCUT2D eigenvalue weighted by Crippen LogP contribution is 2.28. The number of likely N-dealkylation sites (tertiary alicyclic amines) is 2. The zero-order chi connectivity index (χ0) is 19.0. The number of amides is 1. The normalized spacial score (nSPS) is 22.2. The molecule has 0 unspecified atom stereocenters. The van der Waals surface area contributed by atoms with E-state index < -0.39 is 0 Å². The van der Waals surface area contributed by atoms with E-state index in [0.717, 1.165) is 62.3 Å². The van der Waals surface area contributed by atoms with Gasteiger partial charge >= 0.3 is 0 Å². The van der Waals surface area contributed by atoms with Crippen LogP contribution in [0, 0.1) is 6.92 Å². The number of likely N-dealkylation sites (N-methyl/N-ethyl adjacent to an activating group) is 1. The summed E-state index contributed by atoms with van der Waals surface area (Å²) in [6.45, 7) is 6.39. The Balaban J connectivity index is 1.32. The largest absolute Gasteiger partial charge is 0.342 e. The monoisotopic (exact) mass is 369 g/mol. The Morgan fingerprint density at radius 1 is 1.22 bits per heavy atom. The third-order valence-corrected chi connectivity index (χ3v) is 6.30. The zero-order valence-electron chi connectivity index (χ0n) is 16.7. The Hall–Kier alpha value is -1.92.